The number of nitrogens with one attached hydrogen (secondary N) is 1. The minimum Gasteiger partial charge on any atom is -0.462 e. The number of carbonyl (C=O) groups is 3. The Bertz CT molecular complexity index is 1140. The molecule has 0 unspecified atom stereocenters. The summed E-state index contributed by atoms with van der Waals surface area (Å²) in [6.07, 6.45) is 1.52. The van der Waals surface area contributed by atoms with Gasteiger partial charge in [0.2, 0.25) is 0 Å². The van der Waals surface area contributed by atoms with E-state index in [9.17, 15) is 19.5 Å². The van der Waals surface area contributed by atoms with Crippen LogP contribution in [0, 0.1) is 5.41 Å². The van der Waals surface area contributed by atoms with Crippen molar-refractivity contribution in [2.45, 2.75) is 20.8 Å². The molecule has 0 saturated heterocycles. The van der Waals surface area contributed by atoms with E-state index >= 15 is 0 Å². The van der Waals surface area contributed by atoms with E-state index in [0.717, 1.165) is 10.5 Å². The maximum atomic E-state index is 12.9. The third kappa shape index (κ3) is 4.45. The number of hydrogen-bond acceptors (Lipinski definition) is 7. The molecule has 0 radical (unpaired) electrons. The van der Waals surface area contributed by atoms with Gasteiger partial charge in [-0.3, -0.25) is 14.5 Å². The molecule has 3 rings (SSSR count). The molecule has 2 N–H and O–H groups in total. The van der Waals surface area contributed by atoms with E-state index in [1.807, 2.05) is 0 Å². The summed E-state index contributed by atoms with van der Waals surface area (Å²) in [4.78, 5) is 38.2. The average molecular weight is 436 g/mol. The van der Waals surface area contributed by atoms with Crippen molar-refractivity contribution in [1.82, 2.24) is 4.90 Å². The summed E-state index contributed by atoms with van der Waals surface area (Å²) >= 11 is 0. The molecule has 2 heterocycles. The summed E-state index contributed by atoms with van der Waals surface area (Å²) in [5.41, 5.74) is 1.94. The fraction of sp³-hybridized carbons (Fsp3) is 0.250. The van der Waals surface area contributed by atoms with Crippen molar-refractivity contribution >= 4 is 29.6 Å². The van der Waals surface area contributed by atoms with Crippen LogP contribution in [0.3, 0.4) is 0 Å². The largest absolute Gasteiger partial charge is 0.462 e. The monoisotopic (exact) mass is 436 g/mol. The summed E-state index contributed by atoms with van der Waals surface area (Å²) in [7, 11) is 0. The summed E-state index contributed by atoms with van der Waals surface area (Å²) < 4.78 is 10.8. The van der Waals surface area contributed by atoms with Crippen molar-refractivity contribution in [2.24, 2.45) is 0 Å². The van der Waals surface area contributed by atoms with Gasteiger partial charge in [0, 0.05) is 16.8 Å². The van der Waals surface area contributed by atoms with Gasteiger partial charge in [0.05, 0.1) is 30.9 Å². The standard InChI is InChI=1S/C24H24N2O6/c1-4-31-24(30)17-7-5-16(6-8-17)20-10-9-18(32-20)13-19-14(2)21(15(3)25)23(29)26(11-12-27)22(19)28/h5-10,13,25,27H,4,11-12H2,1-3H3/b19-13-,25-15?. The van der Waals surface area contributed by atoms with Crippen molar-refractivity contribution in [1.29, 1.82) is 5.41 Å². The highest BCUT2D eigenvalue weighted by Crippen LogP contribution is 2.30. The van der Waals surface area contributed by atoms with Crippen LogP contribution in [-0.2, 0) is 14.3 Å². The molecular weight excluding hydrogens is 412 g/mol. The first-order chi connectivity index (χ1) is 15.3. The second kappa shape index (κ2) is 9.57. The van der Waals surface area contributed by atoms with E-state index in [2.05, 4.69) is 0 Å². The molecule has 8 heteroatoms. The Kier molecular flexibility index (Phi) is 6.85. The Morgan fingerprint density at radius 1 is 1.16 bits per heavy atom. The van der Waals surface area contributed by atoms with Gasteiger partial charge in [0.25, 0.3) is 11.8 Å². The summed E-state index contributed by atoms with van der Waals surface area (Å²) in [5, 5.41) is 17.2. The Balaban J connectivity index is 1.95. The molecule has 8 nitrogen and oxygen atoms in total. The van der Waals surface area contributed by atoms with E-state index in [1.54, 1.807) is 50.2 Å². The predicted molar refractivity (Wildman–Crippen MR) is 118 cm³/mol. The number of amides is 2. The second-order valence-electron chi connectivity index (χ2n) is 7.17. The van der Waals surface area contributed by atoms with Crippen LogP contribution in [0.25, 0.3) is 17.4 Å². The van der Waals surface area contributed by atoms with Crippen LogP contribution in [0.15, 0.2) is 57.5 Å². The summed E-state index contributed by atoms with van der Waals surface area (Å²) in [6.45, 7) is 4.60. The van der Waals surface area contributed by atoms with E-state index in [1.165, 1.54) is 13.0 Å². The number of nitrogens with zero attached hydrogens (tertiary/aromatic N) is 1. The molecule has 0 saturated carbocycles. The fourth-order valence-electron chi connectivity index (χ4n) is 3.46. The lowest BCUT2D eigenvalue weighted by molar-refractivity contribution is -0.140. The molecule has 2 aromatic rings. The fourth-order valence-corrected chi connectivity index (χ4v) is 3.46. The molecule has 2 amide bonds. The van der Waals surface area contributed by atoms with Gasteiger partial charge < -0.3 is 19.7 Å². The van der Waals surface area contributed by atoms with Crippen molar-refractivity contribution in [3.8, 4) is 11.3 Å². The molecule has 0 spiro atoms. The number of aliphatic hydroxyl groups excluding tert-OH is 1. The zero-order valence-corrected chi connectivity index (χ0v) is 18.1. The summed E-state index contributed by atoms with van der Waals surface area (Å²) in [5.74, 6) is -0.626. The zero-order valence-electron chi connectivity index (χ0n) is 18.1. The number of imide groups is 1. The first kappa shape index (κ1) is 22.9. The third-order valence-corrected chi connectivity index (χ3v) is 5.01. The molecule has 1 aliphatic heterocycles. The van der Waals surface area contributed by atoms with Gasteiger partial charge in [-0.15, -0.1) is 0 Å². The predicted octanol–water partition coefficient (Wildman–Crippen LogP) is 3.22. The van der Waals surface area contributed by atoms with Crippen molar-refractivity contribution in [2.75, 3.05) is 19.8 Å². The van der Waals surface area contributed by atoms with E-state index in [4.69, 9.17) is 14.6 Å². The lowest BCUT2D eigenvalue weighted by Crippen LogP contribution is -2.45. The van der Waals surface area contributed by atoms with Gasteiger partial charge in [-0.2, -0.15) is 0 Å². The maximum Gasteiger partial charge on any atom is 0.338 e. The van der Waals surface area contributed by atoms with Gasteiger partial charge >= 0.3 is 5.97 Å². The molecule has 0 atom stereocenters. The first-order valence-corrected chi connectivity index (χ1v) is 10.1. The Hall–Kier alpha value is -3.78. The zero-order chi connectivity index (χ0) is 23.4. The normalized spacial score (nSPS) is 15.5. The van der Waals surface area contributed by atoms with Crippen LogP contribution in [0.5, 0.6) is 0 Å². The van der Waals surface area contributed by atoms with E-state index in [-0.39, 0.29) is 30.0 Å². The number of ether oxygens (including phenoxy) is 1. The summed E-state index contributed by atoms with van der Waals surface area (Å²) in [6, 6.07) is 10.2. The number of carbonyl (C=O) groups excluding carboxylic acids is 3. The van der Waals surface area contributed by atoms with E-state index < -0.39 is 17.8 Å². The smallest absolute Gasteiger partial charge is 0.338 e. The van der Waals surface area contributed by atoms with Crippen LogP contribution in [0.1, 0.15) is 36.9 Å². The molecule has 1 aromatic carbocycles. The van der Waals surface area contributed by atoms with Crippen molar-refractivity contribution in [3.05, 3.63) is 64.4 Å². The van der Waals surface area contributed by atoms with Crippen molar-refractivity contribution in [3.63, 3.8) is 0 Å². The molecule has 0 fully saturated rings. The molecule has 1 aromatic heterocycles. The average Bonchev–Trinajstić information content (AvgIpc) is 3.23. The molecule has 0 aliphatic carbocycles. The minimum atomic E-state index is -0.590. The lowest BCUT2D eigenvalue weighted by Gasteiger charge is -2.28. The highest BCUT2D eigenvalue weighted by atomic mass is 16.5. The maximum absolute atomic E-state index is 12.9. The minimum absolute atomic E-state index is 0.0377. The number of furan rings is 1. The highest BCUT2D eigenvalue weighted by Gasteiger charge is 2.35. The topological polar surface area (TPSA) is 121 Å². The number of aliphatic hydroxyl groups is 1. The molecule has 0 bridgehead atoms. The lowest BCUT2D eigenvalue weighted by atomic mass is 9.91. The Morgan fingerprint density at radius 2 is 1.84 bits per heavy atom. The van der Waals surface area contributed by atoms with Crippen LogP contribution < -0.4 is 0 Å². The van der Waals surface area contributed by atoms with Crippen LogP contribution >= 0.6 is 0 Å². The van der Waals surface area contributed by atoms with Crippen LogP contribution in [-0.4, -0.2) is 53.3 Å². The van der Waals surface area contributed by atoms with Crippen molar-refractivity contribution < 1.29 is 28.6 Å². The SMILES string of the molecule is CCOC(=O)c1ccc(-c2ccc(/C=C3\C(=O)N(CCO)C(=O)C(C(C)=N)=C3C)o2)cc1. The van der Waals surface area contributed by atoms with Crippen LogP contribution in [0.2, 0.25) is 0 Å². The van der Waals surface area contributed by atoms with Gasteiger partial charge in [0.1, 0.15) is 11.5 Å². The molecule has 1 aliphatic rings. The third-order valence-electron chi connectivity index (χ3n) is 5.01. The van der Waals surface area contributed by atoms with E-state index in [0.29, 0.717) is 29.3 Å². The van der Waals surface area contributed by atoms with Gasteiger partial charge in [-0.05, 0) is 56.7 Å². The van der Waals surface area contributed by atoms with Crippen LogP contribution in [0.4, 0.5) is 0 Å². The first-order valence-electron chi connectivity index (χ1n) is 10.1. The van der Waals surface area contributed by atoms with Gasteiger partial charge in [-0.25, -0.2) is 4.79 Å². The second-order valence-corrected chi connectivity index (χ2v) is 7.17. The number of hydrogen-bond donors (Lipinski definition) is 2. The quantitative estimate of drug-likeness (QED) is 0.298. The Morgan fingerprint density at radius 3 is 2.44 bits per heavy atom. The Labute approximate surface area is 185 Å². The molecular formula is C24H24N2O6. The van der Waals surface area contributed by atoms with Gasteiger partial charge in [0.15, 0.2) is 0 Å². The number of esters is 1. The number of β-amino-alcohol motifs (C(OH)–C–C–N with tert-alkyl or cyclic N) is 1. The van der Waals surface area contributed by atoms with Gasteiger partial charge in [-0.1, -0.05) is 12.1 Å². The number of benzene rings is 1. The number of rotatable bonds is 7. The molecule has 166 valence electrons. The molecule has 32 heavy (non-hydrogen) atoms. The highest BCUT2D eigenvalue weighted by molar-refractivity contribution is 6.29.